The monoisotopic (exact) mass is 435 g/mol. The number of anilines is 2. The maximum atomic E-state index is 11.5. The van der Waals surface area contributed by atoms with Gasteiger partial charge in [-0.25, -0.2) is 10.5 Å². The number of piperidine rings is 1. The summed E-state index contributed by atoms with van der Waals surface area (Å²) >= 11 is 0. The van der Waals surface area contributed by atoms with E-state index in [1.807, 2.05) is 12.3 Å². The summed E-state index contributed by atoms with van der Waals surface area (Å²) in [5, 5.41) is 8.73. The Kier molecular flexibility index (Phi) is 7.07. The highest BCUT2D eigenvalue weighted by molar-refractivity contribution is 5.93. The highest BCUT2D eigenvalue weighted by Gasteiger charge is 2.29. The third-order valence-corrected chi connectivity index (χ3v) is 6.87. The molecule has 2 saturated heterocycles. The Balaban J connectivity index is 1.28. The van der Waals surface area contributed by atoms with Gasteiger partial charge in [0, 0.05) is 45.1 Å². The van der Waals surface area contributed by atoms with Gasteiger partial charge in [0.1, 0.15) is 5.82 Å². The molecule has 1 atom stereocenters. The summed E-state index contributed by atoms with van der Waals surface area (Å²) in [7, 11) is 2.07. The molecule has 170 valence electrons. The van der Waals surface area contributed by atoms with E-state index in [0.717, 1.165) is 51.4 Å². The number of likely N-dealkylation sites (tertiary alicyclic amines) is 1. The van der Waals surface area contributed by atoms with Gasteiger partial charge in [0.25, 0.3) is 5.91 Å². The number of rotatable bonds is 7. The molecule has 2 fully saturated rings. The summed E-state index contributed by atoms with van der Waals surface area (Å²) in [6.07, 6.45) is 6.90. The van der Waals surface area contributed by atoms with Crippen LogP contribution in [0.1, 0.15) is 41.1 Å². The molecule has 2 N–H and O–H groups in total. The topological polar surface area (TPSA) is 71.9 Å². The van der Waals surface area contributed by atoms with Crippen LogP contribution in [0.15, 0.2) is 55.4 Å². The van der Waals surface area contributed by atoms with Gasteiger partial charge in [-0.05, 0) is 67.6 Å². The first-order valence-corrected chi connectivity index (χ1v) is 11.4. The molecule has 1 amide bonds. The van der Waals surface area contributed by atoms with E-state index in [0.29, 0.717) is 17.4 Å². The fraction of sp³-hybridized carbons (Fsp3) is 0.440. The normalized spacial score (nSPS) is 19.7. The first-order valence-electron chi connectivity index (χ1n) is 11.4. The highest BCUT2D eigenvalue weighted by atomic mass is 16.5. The molecule has 7 nitrogen and oxygen atoms in total. The number of hydroxylamine groups is 1. The molecule has 3 heterocycles. The summed E-state index contributed by atoms with van der Waals surface area (Å²) in [5.74, 6) is 1.63. The van der Waals surface area contributed by atoms with Crippen LogP contribution < -0.4 is 15.3 Å². The molecule has 0 radical (unpaired) electrons. The number of pyridine rings is 1. The van der Waals surface area contributed by atoms with Crippen LogP contribution in [0.5, 0.6) is 0 Å². The number of hydrogen-bond acceptors (Lipinski definition) is 6. The molecule has 1 aromatic heterocycles. The molecule has 0 spiro atoms. The number of nitrogens with zero attached hydrogens (tertiary/aromatic N) is 4. The second kappa shape index (κ2) is 10.1. The van der Waals surface area contributed by atoms with Crippen molar-refractivity contribution < 1.29 is 10.0 Å². The molecule has 2 aromatic rings. The van der Waals surface area contributed by atoms with Crippen molar-refractivity contribution in [1.29, 1.82) is 0 Å². The number of para-hydroxylation sites is 1. The largest absolute Gasteiger partial charge is 0.357 e. The van der Waals surface area contributed by atoms with Gasteiger partial charge < -0.3 is 14.7 Å². The van der Waals surface area contributed by atoms with E-state index in [1.165, 1.54) is 23.9 Å². The summed E-state index contributed by atoms with van der Waals surface area (Å²) < 4.78 is 0. The average molecular weight is 436 g/mol. The Morgan fingerprint density at radius 1 is 1.22 bits per heavy atom. The minimum Gasteiger partial charge on any atom is -0.357 e. The first kappa shape index (κ1) is 22.3. The highest BCUT2D eigenvalue weighted by Crippen LogP contribution is 2.34. The second-order valence-electron chi connectivity index (χ2n) is 8.87. The molecule has 0 bridgehead atoms. The molecule has 1 unspecified atom stereocenters. The van der Waals surface area contributed by atoms with Gasteiger partial charge in [0.2, 0.25) is 0 Å². The van der Waals surface area contributed by atoms with Crippen LogP contribution in [0.2, 0.25) is 0 Å². The predicted octanol–water partition coefficient (Wildman–Crippen LogP) is 3.49. The van der Waals surface area contributed by atoms with Gasteiger partial charge in [0.05, 0.1) is 5.56 Å². The Morgan fingerprint density at radius 3 is 2.69 bits per heavy atom. The van der Waals surface area contributed by atoms with Crippen LogP contribution in [0.4, 0.5) is 11.5 Å². The molecular weight excluding hydrogens is 402 g/mol. The molecule has 0 aliphatic carbocycles. The summed E-state index contributed by atoms with van der Waals surface area (Å²) in [5.41, 5.74) is 4.69. The maximum Gasteiger partial charge on any atom is 0.276 e. The van der Waals surface area contributed by atoms with Gasteiger partial charge in [-0.3, -0.25) is 10.0 Å². The number of amides is 1. The van der Waals surface area contributed by atoms with E-state index in [2.05, 4.69) is 57.6 Å². The average Bonchev–Trinajstić information content (AvgIpc) is 3.32. The zero-order valence-electron chi connectivity index (χ0n) is 18.8. The third kappa shape index (κ3) is 4.95. The molecule has 2 aliphatic rings. The number of benzene rings is 1. The first-order chi connectivity index (χ1) is 15.6. The fourth-order valence-corrected chi connectivity index (χ4v) is 4.99. The van der Waals surface area contributed by atoms with Crippen molar-refractivity contribution in [3.63, 3.8) is 0 Å². The summed E-state index contributed by atoms with van der Waals surface area (Å²) in [6, 6.07) is 12.3. The summed E-state index contributed by atoms with van der Waals surface area (Å²) in [6.45, 7) is 9.32. The number of hydrogen-bond donors (Lipinski definition) is 2. The Morgan fingerprint density at radius 2 is 2.00 bits per heavy atom. The summed E-state index contributed by atoms with van der Waals surface area (Å²) in [4.78, 5) is 22.9. The van der Waals surface area contributed by atoms with Crippen LogP contribution in [0, 0.1) is 5.92 Å². The molecule has 4 rings (SSSR count). The van der Waals surface area contributed by atoms with Crippen molar-refractivity contribution in [2.45, 2.75) is 25.2 Å². The molecule has 32 heavy (non-hydrogen) atoms. The van der Waals surface area contributed by atoms with Crippen LogP contribution in [0.3, 0.4) is 0 Å². The Hall–Kier alpha value is -2.90. The van der Waals surface area contributed by atoms with Crippen molar-refractivity contribution >= 4 is 17.4 Å². The molecule has 1 aromatic carbocycles. The quantitative estimate of drug-likeness (QED) is 0.512. The van der Waals surface area contributed by atoms with E-state index in [-0.39, 0.29) is 0 Å². The Labute approximate surface area is 190 Å². The molecule has 0 saturated carbocycles. The van der Waals surface area contributed by atoms with Gasteiger partial charge in [-0.2, -0.15) is 0 Å². The maximum absolute atomic E-state index is 11.5. The van der Waals surface area contributed by atoms with Crippen molar-refractivity contribution in [3.8, 4) is 0 Å². The van der Waals surface area contributed by atoms with Crippen molar-refractivity contribution in [2.75, 3.05) is 49.6 Å². The van der Waals surface area contributed by atoms with Gasteiger partial charge in [-0.15, -0.1) is 0 Å². The zero-order valence-corrected chi connectivity index (χ0v) is 18.8. The standard InChI is InChI=1S/C25H33N5O2/c1-3-28(2)23-7-5-4-6-22(23)21-12-13-29(18-21)17-19-10-14-30(15-11-19)24-9-8-20(16-26-24)25(31)27-32/h3-9,16,19,21,32H,1,10-15,17-18H2,2H3,(H,27,31). The lowest BCUT2D eigenvalue weighted by Gasteiger charge is -2.34. The number of carbonyl (C=O) groups is 1. The Bertz CT molecular complexity index is 924. The molecular formula is C25H33N5O2. The predicted molar refractivity (Wildman–Crippen MR) is 127 cm³/mol. The zero-order chi connectivity index (χ0) is 22.5. The fourth-order valence-electron chi connectivity index (χ4n) is 4.99. The SMILES string of the molecule is C=CN(C)c1ccccc1C1CCN(CC2CCN(c3ccc(C(=O)NO)cn3)CC2)C1. The number of carbonyl (C=O) groups excluding carboxylic acids is 1. The third-order valence-electron chi connectivity index (χ3n) is 6.87. The van der Waals surface area contributed by atoms with Gasteiger partial charge in [0.15, 0.2) is 0 Å². The van der Waals surface area contributed by atoms with Crippen LogP contribution in [-0.2, 0) is 0 Å². The van der Waals surface area contributed by atoms with Crippen LogP contribution >= 0.6 is 0 Å². The van der Waals surface area contributed by atoms with Gasteiger partial charge >= 0.3 is 0 Å². The van der Waals surface area contributed by atoms with E-state index in [4.69, 9.17) is 5.21 Å². The van der Waals surface area contributed by atoms with E-state index < -0.39 is 5.91 Å². The molecule has 2 aliphatic heterocycles. The lowest BCUT2D eigenvalue weighted by Crippen LogP contribution is -2.38. The van der Waals surface area contributed by atoms with Gasteiger partial charge in [-0.1, -0.05) is 24.8 Å². The van der Waals surface area contributed by atoms with Crippen molar-refractivity contribution in [3.05, 3.63) is 66.5 Å². The minimum absolute atomic E-state index is 0.357. The van der Waals surface area contributed by atoms with Crippen molar-refractivity contribution in [1.82, 2.24) is 15.4 Å². The second-order valence-corrected chi connectivity index (χ2v) is 8.87. The minimum atomic E-state index is -0.537. The van der Waals surface area contributed by atoms with E-state index >= 15 is 0 Å². The number of nitrogens with one attached hydrogen (secondary N) is 1. The number of aromatic nitrogens is 1. The van der Waals surface area contributed by atoms with E-state index in [9.17, 15) is 4.79 Å². The smallest absolute Gasteiger partial charge is 0.276 e. The van der Waals surface area contributed by atoms with Crippen LogP contribution in [-0.4, -0.2) is 60.8 Å². The van der Waals surface area contributed by atoms with E-state index in [1.54, 1.807) is 11.5 Å². The molecule has 7 heteroatoms. The van der Waals surface area contributed by atoms with Crippen molar-refractivity contribution in [2.24, 2.45) is 5.92 Å². The lowest BCUT2D eigenvalue weighted by atomic mass is 9.95. The van der Waals surface area contributed by atoms with Crippen LogP contribution in [0.25, 0.3) is 0 Å². The lowest BCUT2D eigenvalue weighted by molar-refractivity contribution is 0.0706.